The molecule has 104 valence electrons. The minimum atomic E-state index is -0.283. The van der Waals surface area contributed by atoms with Gasteiger partial charge in [0.2, 0.25) is 11.8 Å². The second-order valence-electron chi connectivity index (χ2n) is 6.79. The highest BCUT2D eigenvalue weighted by atomic mass is 16.2. The Morgan fingerprint density at radius 1 is 1.21 bits per heavy atom. The Morgan fingerprint density at radius 2 is 1.89 bits per heavy atom. The molecule has 0 spiro atoms. The van der Waals surface area contributed by atoms with Crippen LogP contribution >= 0.6 is 0 Å². The summed E-state index contributed by atoms with van der Waals surface area (Å²) in [4.78, 5) is 26.3. The molecule has 5 unspecified atom stereocenters. The van der Waals surface area contributed by atoms with E-state index in [0.717, 1.165) is 23.7 Å². The SMILES string of the molecule is CCC1NC(=O)CCN(C2C3C4CCC(C4)C32)C1=O. The van der Waals surface area contributed by atoms with Crippen LogP contribution in [0.1, 0.15) is 39.0 Å². The molecule has 1 aliphatic heterocycles. The summed E-state index contributed by atoms with van der Waals surface area (Å²) in [5.74, 6) is 3.50. The molecule has 2 amide bonds. The van der Waals surface area contributed by atoms with E-state index in [0.29, 0.717) is 25.4 Å². The molecule has 0 aromatic rings. The van der Waals surface area contributed by atoms with Gasteiger partial charge in [0.25, 0.3) is 0 Å². The molecule has 4 heteroatoms. The van der Waals surface area contributed by atoms with Crippen molar-refractivity contribution in [3.8, 4) is 0 Å². The van der Waals surface area contributed by atoms with Crippen LogP contribution in [-0.4, -0.2) is 35.3 Å². The summed E-state index contributed by atoms with van der Waals surface area (Å²) in [5.41, 5.74) is 0. The second kappa shape index (κ2) is 3.97. The number of nitrogens with one attached hydrogen (secondary N) is 1. The van der Waals surface area contributed by atoms with Gasteiger partial charge in [0.1, 0.15) is 6.04 Å². The first-order valence-corrected chi connectivity index (χ1v) is 7.80. The van der Waals surface area contributed by atoms with Crippen molar-refractivity contribution in [2.45, 2.75) is 51.1 Å². The first-order valence-electron chi connectivity index (χ1n) is 7.80. The average Bonchev–Trinajstić information content (AvgIpc) is 2.87. The summed E-state index contributed by atoms with van der Waals surface area (Å²) in [5, 5.41) is 2.86. The molecule has 0 aromatic heterocycles. The standard InChI is InChI=1S/C15H22N2O2/c1-2-10-15(19)17(6-5-11(18)16-10)14-12-8-3-4-9(7-8)13(12)14/h8-10,12-14H,2-7H2,1H3,(H,16,18). The maximum Gasteiger partial charge on any atom is 0.245 e. The number of amides is 2. The van der Waals surface area contributed by atoms with E-state index >= 15 is 0 Å². The molecule has 4 nitrogen and oxygen atoms in total. The molecule has 19 heavy (non-hydrogen) atoms. The third-order valence-corrected chi connectivity index (χ3v) is 5.96. The Balaban J connectivity index is 1.55. The van der Waals surface area contributed by atoms with Crippen molar-refractivity contribution in [2.24, 2.45) is 23.7 Å². The fraction of sp³-hybridized carbons (Fsp3) is 0.867. The van der Waals surface area contributed by atoms with Gasteiger partial charge in [0, 0.05) is 19.0 Å². The van der Waals surface area contributed by atoms with E-state index in [1.54, 1.807) is 0 Å². The van der Waals surface area contributed by atoms with Gasteiger partial charge in [0.15, 0.2) is 0 Å². The Labute approximate surface area is 113 Å². The summed E-state index contributed by atoms with van der Waals surface area (Å²) >= 11 is 0. The van der Waals surface area contributed by atoms with E-state index in [1.165, 1.54) is 19.3 Å². The molecule has 4 rings (SSSR count). The van der Waals surface area contributed by atoms with E-state index in [1.807, 2.05) is 6.92 Å². The van der Waals surface area contributed by atoms with Crippen LogP contribution in [0.15, 0.2) is 0 Å². The van der Waals surface area contributed by atoms with Crippen molar-refractivity contribution in [3.63, 3.8) is 0 Å². The zero-order chi connectivity index (χ0) is 13.1. The lowest BCUT2D eigenvalue weighted by atomic mass is 10.0. The van der Waals surface area contributed by atoms with Gasteiger partial charge in [-0.25, -0.2) is 0 Å². The van der Waals surface area contributed by atoms with Crippen LogP contribution in [0.3, 0.4) is 0 Å². The lowest BCUT2D eigenvalue weighted by Gasteiger charge is -2.26. The highest BCUT2D eigenvalue weighted by Crippen LogP contribution is 2.67. The highest BCUT2D eigenvalue weighted by Gasteiger charge is 2.67. The Morgan fingerprint density at radius 3 is 2.53 bits per heavy atom. The van der Waals surface area contributed by atoms with Gasteiger partial charge in [-0.2, -0.15) is 0 Å². The van der Waals surface area contributed by atoms with Gasteiger partial charge < -0.3 is 10.2 Å². The van der Waals surface area contributed by atoms with Crippen LogP contribution in [0.2, 0.25) is 0 Å². The summed E-state index contributed by atoms with van der Waals surface area (Å²) < 4.78 is 0. The lowest BCUT2D eigenvalue weighted by Crippen LogP contribution is -2.46. The quantitative estimate of drug-likeness (QED) is 0.812. The van der Waals surface area contributed by atoms with Gasteiger partial charge in [-0.05, 0) is 49.4 Å². The maximum atomic E-state index is 12.6. The molecule has 1 N–H and O–H groups in total. The first kappa shape index (κ1) is 11.7. The Hall–Kier alpha value is -1.06. The van der Waals surface area contributed by atoms with E-state index in [2.05, 4.69) is 10.2 Å². The smallest absolute Gasteiger partial charge is 0.245 e. The third-order valence-electron chi connectivity index (χ3n) is 5.96. The minimum Gasteiger partial charge on any atom is -0.344 e. The summed E-state index contributed by atoms with van der Waals surface area (Å²) in [6.45, 7) is 2.61. The fourth-order valence-corrected chi connectivity index (χ4v) is 5.13. The zero-order valence-electron chi connectivity index (χ0n) is 11.5. The van der Waals surface area contributed by atoms with Crippen molar-refractivity contribution in [1.29, 1.82) is 0 Å². The van der Waals surface area contributed by atoms with Crippen LogP contribution in [0.5, 0.6) is 0 Å². The molecule has 1 saturated heterocycles. The van der Waals surface area contributed by atoms with E-state index in [-0.39, 0.29) is 17.9 Å². The van der Waals surface area contributed by atoms with E-state index in [9.17, 15) is 9.59 Å². The molecule has 3 aliphatic carbocycles. The summed E-state index contributed by atoms with van der Waals surface area (Å²) in [7, 11) is 0. The van der Waals surface area contributed by atoms with Crippen LogP contribution in [0.25, 0.3) is 0 Å². The van der Waals surface area contributed by atoms with E-state index in [4.69, 9.17) is 0 Å². The van der Waals surface area contributed by atoms with E-state index < -0.39 is 0 Å². The highest BCUT2D eigenvalue weighted by molar-refractivity contribution is 5.90. The number of carbonyl (C=O) groups is 2. The molecule has 2 bridgehead atoms. The molecule has 1 heterocycles. The third kappa shape index (κ3) is 1.58. The summed E-state index contributed by atoms with van der Waals surface area (Å²) in [6.07, 6.45) is 5.34. The van der Waals surface area contributed by atoms with Crippen LogP contribution in [0, 0.1) is 23.7 Å². The average molecular weight is 262 g/mol. The molecule has 0 aromatic carbocycles. The number of nitrogens with zero attached hydrogens (tertiary/aromatic N) is 1. The molecular formula is C15H22N2O2. The monoisotopic (exact) mass is 262 g/mol. The first-order chi connectivity index (χ1) is 9.20. The van der Waals surface area contributed by atoms with Crippen molar-refractivity contribution >= 4 is 11.8 Å². The zero-order valence-corrected chi connectivity index (χ0v) is 11.5. The van der Waals surface area contributed by atoms with Crippen molar-refractivity contribution in [3.05, 3.63) is 0 Å². The maximum absolute atomic E-state index is 12.6. The van der Waals surface area contributed by atoms with Crippen LogP contribution < -0.4 is 5.32 Å². The number of hydrogen-bond donors (Lipinski definition) is 1. The van der Waals surface area contributed by atoms with Crippen molar-refractivity contribution in [1.82, 2.24) is 10.2 Å². The molecule has 4 fully saturated rings. The van der Waals surface area contributed by atoms with Gasteiger partial charge >= 0.3 is 0 Å². The minimum absolute atomic E-state index is 0.0384. The van der Waals surface area contributed by atoms with Gasteiger partial charge in [-0.1, -0.05) is 6.92 Å². The topological polar surface area (TPSA) is 49.4 Å². The number of hydrogen-bond acceptors (Lipinski definition) is 2. The molecule has 4 aliphatic rings. The fourth-order valence-electron chi connectivity index (χ4n) is 5.13. The van der Waals surface area contributed by atoms with Crippen molar-refractivity contribution in [2.75, 3.05) is 6.54 Å². The molecular weight excluding hydrogens is 240 g/mol. The predicted octanol–water partition coefficient (Wildman–Crippen LogP) is 1.16. The van der Waals surface area contributed by atoms with Crippen LogP contribution in [0.4, 0.5) is 0 Å². The second-order valence-corrected chi connectivity index (χ2v) is 6.79. The number of rotatable bonds is 2. The lowest BCUT2D eigenvalue weighted by molar-refractivity contribution is -0.134. The number of fused-ring (bicyclic) bond motifs is 5. The Bertz CT molecular complexity index is 420. The predicted molar refractivity (Wildman–Crippen MR) is 70.2 cm³/mol. The van der Waals surface area contributed by atoms with Gasteiger partial charge in [-0.3, -0.25) is 9.59 Å². The van der Waals surface area contributed by atoms with Gasteiger partial charge in [0.05, 0.1) is 0 Å². The number of carbonyl (C=O) groups excluding carboxylic acids is 2. The summed E-state index contributed by atoms with van der Waals surface area (Å²) in [6, 6.07) is 0.189. The largest absolute Gasteiger partial charge is 0.344 e. The van der Waals surface area contributed by atoms with Crippen molar-refractivity contribution < 1.29 is 9.59 Å². The Kier molecular flexibility index (Phi) is 2.45. The molecule has 5 atom stereocenters. The molecule has 3 saturated carbocycles. The normalized spacial score (nSPS) is 47.9. The van der Waals surface area contributed by atoms with Crippen LogP contribution in [-0.2, 0) is 9.59 Å². The van der Waals surface area contributed by atoms with Gasteiger partial charge in [-0.15, -0.1) is 0 Å². The molecule has 0 radical (unpaired) electrons.